The van der Waals surface area contributed by atoms with E-state index in [-0.39, 0.29) is 11.9 Å². The molecule has 7 nitrogen and oxygen atoms in total. The maximum absolute atomic E-state index is 12.7. The largest absolute Gasteiger partial charge is 0.329 e. The zero-order chi connectivity index (χ0) is 16.4. The number of aromatic nitrogens is 5. The minimum Gasteiger partial charge on any atom is -0.329 e. The van der Waals surface area contributed by atoms with Gasteiger partial charge in [-0.3, -0.25) is 14.3 Å². The molecule has 3 aromatic rings. The third-order valence-electron chi connectivity index (χ3n) is 4.16. The molecular formula is C17H16N6O. The SMILES string of the molecule is O=C(c1cnccn1)N1CCC[C@H]1c1cccc(-n2ccnc2)n1. The molecule has 1 amide bonds. The number of likely N-dealkylation sites (tertiary alicyclic amines) is 1. The molecule has 0 aromatic carbocycles. The van der Waals surface area contributed by atoms with Gasteiger partial charge in [-0.05, 0) is 25.0 Å². The molecule has 1 atom stereocenters. The fourth-order valence-corrected chi connectivity index (χ4v) is 3.04. The van der Waals surface area contributed by atoms with Crippen molar-refractivity contribution in [2.45, 2.75) is 18.9 Å². The minimum atomic E-state index is -0.0968. The van der Waals surface area contributed by atoms with Gasteiger partial charge < -0.3 is 4.90 Å². The van der Waals surface area contributed by atoms with Crippen LogP contribution in [0.1, 0.15) is 35.1 Å². The highest BCUT2D eigenvalue weighted by Gasteiger charge is 2.32. The second-order valence-electron chi connectivity index (χ2n) is 5.64. The highest BCUT2D eigenvalue weighted by Crippen LogP contribution is 2.32. The molecule has 0 aliphatic carbocycles. The minimum absolute atomic E-state index is 0.0389. The summed E-state index contributed by atoms with van der Waals surface area (Å²) in [6.07, 6.45) is 11.7. The monoisotopic (exact) mass is 320 g/mol. The van der Waals surface area contributed by atoms with Crippen LogP contribution in [0.5, 0.6) is 0 Å². The van der Waals surface area contributed by atoms with Crippen molar-refractivity contribution in [2.24, 2.45) is 0 Å². The standard InChI is InChI=1S/C17H16N6O/c24-17(14-11-18-6-7-20-14)23-9-2-4-15(23)13-3-1-5-16(21-13)22-10-8-19-12-22/h1,3,5-8,10-12,15H,2,4,9H2/t15-/m0/s1. The molecular weight excluding hydrogens is 304 g/mol. The first-order valence-electron chi connectivity index (χ1n) is 7.85. The highest BCUT2D eigenvalue weighted by atomic mass is 16.2. The lowest BCUT2D eigenvalue weighted by molar-refractivity contribution is 0.0726. The van der Waals surface area contributed by atoms with Crippen LogP contribution in [0.2, 0.25) is 0 Å². The molecule has 4 heterocycles. The summed E-state index contributed by atoms with van der Waals surface area (Å²) in [4.78, 5) is 31.4. The molecule has 0 spiro atoms. The predicted octanol–water partition coefficient (Wildman–Crippen LogP) is 2.03. The molecule has 0 N–H and O–H groups in total. The number of nitrogens with zero attached hydrogens (tertiary/aromatic N) is 6. The zero-order valence-corrected chi connectivity index (χ0v) is 13.0. The first-order chi connectivity index (χ1) is 11.8. The van der Waals surface area contributed by atoms with Gasteiger partial charge in [0.1, 0.15) is 17.8 Å². The van der Waals surface area contributed by atoms with Gasteiger partial charge in [0.15, 0.2) is 0 Å². The van der Waals surface area contributed by atoms with Crippen molar-refractivity contribution >= 4 is 5.91 Å². The van der Waals surface area contributed by atoms with Crippen molar-refractivity contribution < 1.29 is 4.79 Å². The molecule has 120 valence electrons. The van der Waals surface area contributed by atoms with Crippen molar-refractivity contribution in [1.29, 1.82) is 0 Å². The lowest BCUT2D eigenvalue weighted by Gasteiger charge is -2.24. The summed E-state index contributed by atoms with van der Waals surface area (Å²) in [5.74, 6) is 0.698. The van der Waals surface area contributed by atoms with Gasteiger partial charge in [-0.2, -0.15) is 0 Å². The predicted molar refractivity (Wildman–Crippen MR) is 86.4 cm³/mol. The van der Waals surface area contributed by atoms with Crippen LogP contribution >= 0.6 is 0 Å². The number of rotatable bonds is 3. The zero-order valence-electron chi connectivity index (χ0n) is 13.0. The van der Waals surface area contributed by atoms with Crippen LogP contribution in [-0.2, 0) is 0 Å². The van der Waals surface area contributed by atoms with E-state index in [1.807, 2.05) is 33.9 Å². The Hall–Kier alpha value is -3.09. The van der Waals surface area contributed by atoms with Gasteiger partial charge >= 0.3 is 0 Å². The molecule has 1 aliphatic rings. The third-order valence-corrected chi connectivity index (χ3v) is 4.16. The van der Waals surface area contributed by atoms with Crippen LogP contribution in [0.4, 0.5) is 0 Å². The van der Waals surface area contributed by atoms with Crippen LogP contribution in [-0.4, -0.2) is 41.9 Å². The Labute approximate surface area is 139 Å². The van der Waals surface area contributed by atoms with Gasteiger partial charge in [-0.15, -0.1) is 0 Å². The van der Waals surface area contributed by atoms with E-state index in [0.717, 1.165) is 24.4 Å². The molecule has 1 saturated heterocycles. The third kappa shape index (κ3) is 2.64. The van der Waals surface area contributed by atoms with Gasteiger partial charge in [0.25, 0.3) is 5.91 Å². The van der Waals surface area contributed by atoms with E-state index in [1.54, 1.807) is 18.7 Å². The van der Waals surface area contributed by atoms with E-state index in [2.05, 4.69) is 15.0 Å². The van der Waals surface area contributed by atoms with E-state index < -0.39 is 0 Å². The average molecular weight is 320 g/mol. The Morgan fingerprint density at radius 2 is 2.12 bits per heavy atom. The molecule has 1 fully saturated rings. The number of carbonyl (C=O) groups excluding carboxylic acids is 1. The number of pyridine rings is 1. The summed E-state index contributed by atoms with van der Waals surface area (Å²) in [5, 5.41) is 0. The van der Waals surface area contributed by atoms with Crippen molar-refractivity contribution in [3.05, 3.63) is 66.9 Å². The first-order valence-corrected chi connectivity index (χ1v) is 7.85. The van der Waals surface area contributed by atoms with Crippen molar-refractivity contribution in [2.75, 3.05) is 6.54 Å². The molecule has 3 aromatic heterocycles. The molecule has 24 heavy (non-hydrogen) atoms. The number of carbonyl (C=O) groups is 1. The summed E-state index contributed by atoms with van der Waals surface area (Å²) in [5.41, 5.74) is 1.26. The quantitative estimate of drug-likeness (QED) is 0.738. The van der Waals surface area contributed by atoms with Gasteiger partial charge in [-0.1, -0.05) is 6.07 Å². The molecule has 1 aliphatic heterocycles. The Bertz CT molecular complexity index is 833. The maximum Gasteiger partial charge on any atom is 0.274 e. The summed E-state index contributed by atoms with van der Waals surface area (Å²) in [6.45, 7) is 0.705. The molecule has 0 radical (unpaired) electrons. The second kappa shape index (κ2) is 6.19. The topological polar surface area (TPSA) is 76.8 Å². The first kappa shape index (κ1) is 14.5. The van der Waals surface area contributed by atoms with Gasteiger partial charge in [0.05, 0.1) is 17.9 Å². The summed E-state index contributed by atoms with van der Waals surface area (Å²) < 4.78 is 1.85. The van der Waals surface area contributed by atoms with E-state index in [4.69, 9.17) is 4.98 Å². The van der Waals surface area contributed by atoms with Gasteiger partial charge in [-0.25, -0.2) is 15.0 Å². The Morgan fingerprint density at radius 1 is 1.17 bits per heavy atom. The lowest BCUT2D eigenvalue weighted by Crippen LogP contribution is -2.31. The molecule has 0 saturated carbocycles. The smallest absolute Gasteiger partial charge is 0.274 e. The molecule has 0 unspecified atom stereocenters. The normalized spacial score (nSPS) is 17.2. The molecule has 4 rings (SSSR count). The number of imidazole rings is 1. The van der Waals surface area contributed by atoms with Crippen LogP contribution in [0.3, 0.4) is 0 Å². The van der Waals surface area contributed by atoms with Crippen molar-refractivity contribution in [3.8, 4) is 5.82 Å². The van der Waals surface area contributed by atoms with Gasteiger partial charge in [0, 0.05) is 31.3 Å². The number of hydrogen-bond acceptors (Lipinski definition) is 5. The fourth-order valence-electron chi connectivity index (χ4n) is 3.04. The maximum atomic E-state index is 12.7. The van der Waals surface area contributed by atoms with E-state index in [1.165, 1.54) is 12.4 Å². The Kier molecular flexibility index (Phi) is 3.74. The van der Waals surface area contributed by atoms with E-state index in [0.29, 0.717) is 12.2 Å². The Balaban J connectivity index is 1.64. The van der Waals surface area contributed by atoms with Crippen molar-refractivity contribution in [3.63, 3.8) is 0 Å². The molecule has 7 heteroatoms. The number of amides is 1. The van der Waals surface area contributed by atoms with Crippen LogP contribution in [0, 0.1) is 0 Å². The summed E-state index contributed by atoms with van der Waals surface area (Å²) >= 11 is 0. The Morgan fingerprint density at radius 3 is 2.92 bits per heavy atom. The van der Waals surface area contributed by atoms with E-state index >= 15 is 0 Å². The second-order valence-corrected chi connectivity index (χ2v) is 5.64. The summed E-state index contributed by atoms with van der Waals surface area (Å²) in [7, 11) is 0. The lowest BCUT2D eigenvalue weighted by atomic mass is 10.1. The highest BCUT2D eigenvalue weighted by molar-refractivity contribution is 5.92. The van der Waals surface area contributed by atoms with E-state index in [9.17, 15) is 4.79 Å². The van der Waals surface area contributed by atoms with Crippen LogP contribution in [0.15, 0.2) is 55.5 Å². The number of hydrogen-bond donors (Lipinski definition) is 0. The summed E-state index contributed by atoms with van der Waals surface area (Å²) in [6, 6.07) is 5.81. The van der Waals surface area contributed by atoms with Crippen LogP contribution in [0.25, 0.3) is 5.82 Å². The average Bonchev–Trinajstić information content (AvgIpc) is 3.34. The van der Waals surface area contributed by atoms with Crippen molar-refractivity contribution in [1.82, 2.24) is 29.4 Å². The van der Waals surface area contributed by atoms with Crippen LogP contribution < -0.4 is 0 Å². The fraction of sp³-hybridized carbons (Fsp3) is 0.235. The molecule has 0 bridgehead atoms. The van der Waals surface area contributed by atoms with Gasteiger partial charge in [0.2, 0.25) is 0 Å².